The number of nitrogens with zero attached hydrogens (tertiary/aromatic N) is 4. The fraction of sp³-hybridized carbons (Fsp3) is 0.526. The molecule has 1 aromatic heterocycles. The molecule has 0 aliphatic heterocycles. The summed E-state index contributed by atoms with van der Waals surface area (Å²) in [5.74, 6) is 2.44. The van der Waals surface area contributed by atoms with Crippen molar-refractivity contribution in [2.24, 2.45) is 11.8 Å². The Kier molecular flexibility index (Phi) is 5.71. The Morgan fingerprint density at radius 3 is 2.07 bits per heavy atom. The summed E-state index contributed by atoms with van der Waals surface area (Å²) in [5, 5.41) is 1.39. The van der Waals surface area contributed by atoms with Crippen LogP contribution in [0.1, 0.15) is 39.0 Å². The summed E-state index contributed by atoms with van der Waals surface area (Å²) in [4.78, 5) is 15.8. The van der Waals surface area contributed by atoms with Gasteiger partial charge in [-0.2, -0.15) is 15.0 Å². The molecule has 8 heteroatoms. The van der Waals surface area contributed by atoms with E-state index in [1.165, 1.54) is 25.7 Å². The molecule has 2 fully saturated rings. The predicted molar refractivity (Wildman–Crippen MR) is 112 cm³/mol. The number of halogens is 4. The average Bonchev–Trinajstić information content (AvgIpc) is 3.48. The lowest BCUT2D eigenvalue weighted by Crippen LogP contribution is -2.40. The molecule has 2 aliphatic rings. The van der Waals surface area contributed by atoms with E-state index < -0.39 is 0 Å². The van der Waals surface area contributed by atoms with Crippen molar-refractivity contribution >= 4 is 52.4 Å². The molecule has 4 rings (SSSR count). The maximum Gasteiger partial charge on any atom is 0.230 e. The molecule has 4 nitrogen and oxygen atoms in total. The topological polar surface area (TPSA) is 41.9 Å². The van der Waals surface area contributed by atoms with Gasteiger partial charge in [0.1, 0.15) is 0 Å². The van der Waals surface area contributed by atoms with Crippen molar-refractivity contribution in [2.75, 3.05) is 11.4 Å². The van der Waals surface area contributed by atoms with Gasteiger partial charge in [0.2, 0.25) is 11.2 Å². The SMILES string of the molecule is CCCN(c1nc(Cl)nc(-c2c(Cl)cc(Cl)cc2Cl)n1)C(C1CC1)C1CC1. The van der Waals surface area contributed by atoms with E-state index in [1.807, 2.05) is 0 Å². The van der Waals surface area contributed by atoms with Gasteiger partial charge in [0.05, 0.1) is 15.6 Å². The van der Waals surface area contributed by atoms with Crippen LogP contribution in [0.5, 0.6) is 0 Å². The Bertz CT molecular complexity index is 817. The Labute approximate surface area is 179 Å². The lowest BCUT2D eigenvalue weighted by Gasteiger charge is -2.32. The Morgan fingerprint density at radius 1 is 0.963 bits per heavy atom. The highest BCUT2D eigenvalue weighted by Gasteiger charge is 2.45. The Hall–Kier alpha value is -0.810. The fourth-order valence-electron chi connectivity index (χ4n) is 3.73. The molecule has 0 spiro atoms. The van der Waals surface area contributed by atoms with Crippen molar-refractivity contribution in [2.45, 2.75) is 45.1 Å². The van der Waals surface area contributed by atoms with E-state index in [0.29, 0.717) is 38.4 Å². The van der Waals surface area contributed by atoms with Crippen molar-refractivity contribution < 1.29 is 0 Å². The van der Waals surface area contributed by atoms with Gasteiger partial charge in [-0.05, 0) is 67.7 Å². The first-order valence-electron chi connectivity index (χ1n) is 9.31. The van der Waals surface area contributed by atoms with Crippen molar-refractivity contribution in [3.05, 3.63) is 32.5 Å². The van der Waals surface area contributed by atoms with Crippen molar-refractivity contribution in [3.63, 3.8) is 0 Å². The minimum Gasteiger partial charge on any atom is -0.337 e. The minimum absolute atomic E-state index is 0.142. The van der Waals surface area contributed by atoms with Gasteiger partial charge in [0, 0.05) is 17.6 Å². The summed E-state index contributed by atoms with van der Waals surface area (Å²) in [6.07, 6.45) is 6.13. The van der Waals surface area contributed by atoms with Crippen LogP contribution >= 0.6 is 46.4 Å². The minimum atomic E-state index is 0.142. The van der Waals surface area contributed by atoms with Crippen LogP contribution in [0.3, 0.4) is 0 Å². The first-order valence-corrected chi connectivity index (χ1v) is 10.8. The van der Waals surface area contributed by atoms with Crippen LogP contribution in [0.2, 0.25) is 20.4 Å². The standard InChI is InChI=1S/C19H20Cl4N4/c1-2-7-27(16(10-3-4-10)11-5-6-11)19-25-17(24-18(23)26-19)15-13(21)8-12(20)9-14(15)22/h8-11,16H,2-7H2,1H3. The highest BCUT2D eigenvalue weighted by atomic mass is 35.5. The fourth-order valence-corrected chi connectivity index (χ4v) is 4.87. The van der Waals surface area contributed by atoms with Gasteiger partial charge in [0.15, 0.2) is 5.82 Å². The molecule has 0 unspecified atom stereocenters. The summed E-state index contributed by atoms with van der Waals surface area (Å²) < 4.78 is 0. The molecule has 0 saturated heterocycles. The molecule has 0 radical (unpaired) electrons. The molecule has 2 aliphatic carbocycles. The maximum absolute atomic E-state index is 6.37. The van der Waals surface area contributed by atoms with E-state index in [2.05, 4.69) is 21.8 Å². The molecular formula is C19H20Cl4N4. The molecule has 27 heavy (non-hydrogen) atoms. The van der Waals surface area contributed by atoms with Gasteiger partial charge in [-0.1, -0.05) is 41.7 Å². The van der Waals surface area contributed by atoms with E-state index >= 15 is 0 Å². The number of hydrogen-bond donors (Lipinski definition) is 0. The van der Waals surface area contributed by atoms with Crippen LogP contribution in [0, 0.1) is 11.8 Å². The van der Waals surface area contributed by atoms with Crippen LogP contribution in [-0.4, -0.2) is 27.5 Å². The molecule has 1 aromatic carbocycles. The average molecular weight is 446 g/mol. The van der Waals surface area contributed by atoms with Crippen molar-refractivity contribution in [1.29, 1.82) is 0 Å². The second-order valence-corrected chi connectivity index (χ2v) is 8.92. The zero-order valence-electron chi connectivity index (χ0n) is 14.9. The number of aromatic nitrogens is 3. The number of anilines is 1. The summed E-state index contributed by atoms with van der Waals surface area (Å²) in [6, 6.07) is 3.73. The van der Waals surface area contributed by atoms with Gasteiger partial charge in [-0.25, -0.2) is 0 Å². The second-order valence-electron chi connectivity index (χ2n) is 7.33. The largest absolute Gasteiger partial charge is 0.337 e. The second kappa shape index (κ2) is 7.90. The molecule has 144 valence electrons. The third kappa shape index (κ3) is 4.29. The van der Waals surface area contributed by atoms with E-state index in [4.69, 9.17) is 51.4 Å². The monoisotopic (exact) mass is 444 g/mol. The third-order valence-electron chi connectivity index (χ3n) is 5.12. The molecule has 0 bridgehead atoms. The van der Waals surface area contributed by atoms with Crippen LogP contribution in [0.4, 0.5) is 5.95 Å². The normalized spacial score (nSPS) is 16.8. The summed E-state index contributed by atoms with van der Waals surface area (Å²) in [6.45, 7) is 3.06. The van der Waals surface area contributed by atoms with E-state index in [-0.39, 0.29) is 5.28 Å². The number of rotatable bonds is 7. The van der Waals surface area contributed by atoms with E-state index in [0.717, 1.165) is 24.8 Å². The number of benzene rings is 1. The van der Waals surface area contributed by atoms with Crippen molar-refractivity contribution in [3.8, 4) is 11.4 Å². The number of hydrogen-bond acceptors (Lipinski definition) is 4. The first kappa shape index (κ1) is 19.5. The van der Waals surface area contributed by atoms with Gasteiger partial charge >= 0.3 is 0 Å². The summed E-state index contributed by atoms with van der Waals surface area (Å²) in [5.41, 5.74) is 0.527. The summed E-state index contributed by atoms with van der Waals surface area (Å²) >= 11 is 25.1. The Balaban J connectivity index is 1.77. The van der Waals surface area contributed by atoms with E-state index in [1.54, 1.807) is 12.1 Å². The van der Waals surface area contributed by atoms with Crippen LogP contribution < -0.4 is 4.90 Å². The molecule has 0 amide bonds. The molecule has 2 saturated carbocycles. The van der Waals surface area contributed by atoms with E-state index in [9.17, 15) is 0 Å². The molecule has 0 N–H and O–H groups in total. The maximum atomic E-state index is 6.37. The Morgan fingerprint density at radius 2 is 1.56 bits per heavy atom. The summed E-state index contributed by atoms with van der Waals surface area (Å²) in [7, 11) is 0. The van der Waals surface area contributed by atoms with Crippen LogP contribution in [0.25, 0.3) is 11.4 Å². The highest BCUT2D eigenvalue weighted by Crippen LogP contribution is 2.48. The van der Waals surface area contributed by atoms with Gasteiger partial charge in [-0.3, -0.25) is 0 Å². The quantitative estimate of drug-likeness (QED) is 0.483. The smallest absolute Gasteiger partial charge is 0.230 e. The lowest BCUT2D eigenvalue weighted by molar-refractivity contribution is 0.469. The third-order valence-corrected chi connectivity index (χ3v) is 6.10. The molecule has 2 aromatic rings. The zero-order chi connectivity index (χ0) is 19.1. The van der Waals surface area contributed by atoms with Gasteiger partial charge in [0.25, 0.3) is 0 Å². The molecule has 0 atom stereocenters. The van der Waals surface area contributed by atoms with Gasteiger partial charge < -0.3 is 4.90 Å². The van der Waals surface area contributed by atoms with Crippen molar-refractivity contribution in [1.82, 2.24) is 15.0 Å². The highest BCUT2D eigenvalue weighted by molar-refractivity contribution is 6.41. The molecule has 1 heterocycles. The van der Waals surface area contributed by atoms with Crippen LogP contribution in [0.15, 0.2) is 12.1 Å². The van der Waals surface area contributed by atoms with Crippen LogP contribution in [-0.2, 0) is 0 Å². The van der Waals surface area contributed by atoms with Gasteiger partial charge in [-0.15, -0.1) is 0 Å². The predicted octanol–water partition coefficient (Wildman–Crippen LogP) is 6.56. The molecular weight excluding hydrogens is 426 g/mol. The zero-order valence-corrected chi connectivity index (χ0v) is 18.0. The first-order chi connectivity index (χ1) is 13.0. The lowest BCUT2D eigenvalue weighted by atomic mass is 10.1.